The van der Waals surface area contributed by atoms with Crippen LogP contribution in [0.1, 0.15) is 81.0 Å². The summed E-state index contributed by atoms with van der Waals surface area (Å²) in [5.41, 5.74) is 0.355. The van der Waals surface area contributed by atoms with E-state index in [1.165, 1.54) is 20.0 Å². The van der Waals surface area contributed by atoms with E-state index in [0.717, 1.165) is 51.4 Å². The van der Waals surface area contributed by atoms with Crippen molar-refractivity contribution >= 4 is 29.5 Å². The molecule has 2 amide bonds. The molecule has 2 fully saturated rings. The summed E-state index contributed by atoms with van der Waals surface area (Å²) in [5.74, 6) is 0.0475. The molecule has 0 heterocycles. The van der Waals surface area contributed by atoms with E-state index in [9.17, 15) is 14.4 Å². The number of ether oxygens (including phenoxy) is 2. The predicted molar refractivity (Wildman–Crippen MR) is 139 cm³/mol. The maximum Gasteiger partial charge on any atom is 0.329 e. The fraction of sp³-hybridized carbons (Fsp3) is 0.667. The van der Waals surface area contributed by atoms with Gasteiger partial charge in [-0.2, -0.15) is 11.8 Å². The van der Waals surface area contributed by atoms with Gasteiger partial charge < -0.3 is 19.7 Å². The summed E-state index contributed by atoms with van der Waals surface area (Å²) in [7, 11) is 1.50. The number of nitrogens with one attached hydrogen (secondary N) is 1. The van der Waals surface area contributed by atoms with Crippen LogP contribution in [0, 0.1) is 0 Å². The van der Waals surface area contributed by atoms with Crippen molar-refractivity contribution in [2.75, 3.05) is 25.7 Å². The number of amides is 2. The molecule has 0 spiro atoms. The standard InChI is InChI=1S/C27H40N2O5S/c1-33-24-16-10-9-15-22(24)26(31)28-23(17-18-35-2)27(32)34-19-25(30)29(20-11-5-3-6-12-20)21-13-7-4-8-14-21/h9-10,15-16,20-21,23H,3-8,11-14,17-19H2,1-2H3,(H,28,31). The number of para-hydroxylation sites is 1. The average Bonchev–Trinajstić information content (AvgIpc) is 2.90. The maximum absolute atomic E-state index is 13.4. The summed E-state index contributed by atoms with van der Waals surface area (Å²) in [6.07, 6.45) is 13.5. The second-order valence-electron chi connectivity index (χ2n) is 9.50. The molecule has 1 aromatic rings. The molecule has 7 nitrogen and oxygen atoms in total. The number of hydrogen-bond acceptors (Lipinski definition) is 6. The van der Waals surface area contributed by atoms with Crippen LogP contribution in [-0.4, -0.2) is 66.5 Å². The Morgan fingerprint density at radius 3 is 2.17 bits per heavy atom. The summed E-state index contributed by atoms with van der Waals surface area (Å²) in [6.45, 7) is -0.272. The number of esters is 1. The van der Waals surface area contributed by atoms with Gasteiger partial charge in [0.05, 0.1) is 12.7 Å². The highest BCUT2D eigenvalue weighted by Gasteiger charge is 2.33. The SMILES string of the molecule is COc1ccccc1C(=O)NC(CCSC)C(=O)OCC(=O)N(C1CCCCC1)C1CCCCC1. The van der Waals surface area contributed by atoms with E-state index in [-0.39, 0.29) is 24.6 Å². The molecule has 0 aliphatic heterocycles. The van der Waals surface area contributed by atoms with Crippen molar-refractivity contribution in [3.63, 3.8) is 0 Å². The van der Waals surface area contributed by atoms with Gasteiger partial charge in [0.15, 0.2) is 6.61 Å². The molecule has 2 saturated carbocycles. The summed E-state index contributed by atoms with van der Waals surface area (Å²) in [5, 5.41) is 2.79. The molecule has 194 valence electrons. The van der Waals surface area contributed by atoms with Crippen LogP contribution in [0.4, 0.5) is 0 Å². The summed E-state index contributed by atoms with van der Waals surface area (Å²) < 4.78 is 10.8. The highest BCUT2D eigenvalue weighted by Crippen LogP contribution is 2.30. The van der Waals surface area contributed by atoms with Crippen LogP contribution in [0.5, 0.6) is 5.75 Å². The van der Waals surface area contributed by atoms with E-state index in [1.807, 2.05) is 6.26 Å². The van der Waals surface area contributed by atoms with Crippen molar-refractivity contribution in [3.8, 4) is 5.75 Å². The van der Waals surface area contributed by atoms with Gasteiger partial charge in [-0.25, -0.2) is 4.79 Å². The van der Waals surface area contributed by atoms with Crippen LogP contribution in [0.15, 0.2) is 24.3 Å². The van der Waals surface area contributed by atoms with E-state index in [0.29, 0.717) is 23.5 Å². The fourth-order valence-electron chi connectivity index (χ4n) is 5.28. The minimum Gasteiger partial charge on any atom is -0.496 e. The van der Waals surface area contributed by atoms with Crippen LogP contribution in [0.2, 0.25) is 0 Å². The zero-order valence-corrected chi connectivity index (χ0v) is 21.9. The van der Waals surface area contributed by atoms with Gasteiger partial charge in [-0.05, 0) is 56.2 Å². The quantitative estimate of drug-likeness (QED) is 0.444. The van der Waals surface area contributed by atoms with E-state index in [1.54, 1.807) is 36.0 Å². The Morgan fingerprint density at radius 1 is 1.00 bits per heavy atom. The molecular formula is C27H40N2O5S. The largest absolute Gasteiger partial charge is 0.496 e. The molecule has 1 aromatic carbocycles. The van der Waals surface area contributed by atoms with Gasteiger partial charge in [0.1, 0.15) is 11.8 Å². The van der Waals surface area contributed by atoms with Gasteiger partial charge in [-0.1, -0.05) is 50.7 Å². The molecule has 2 aliphatic rings. The molecular weight excluding hydrogens is 464 g/mol. The Hall–Kier alpha value is -2.22. The minimum absolute atomic E-state index is 0.100. The van der Waals surface area contributed by atoms with Gasteiger partial charge in [0.2, 0.25) is 0 Å². The number of hydrogen-bond donors (Lipinski definition) is 1. The molecule has 0 aromatic heterocycles. The normalized spacial score (nSPS) is 17.9. The van der Waals surface area contributed by atoms with Gasteiger partial charge >= 0.3 is 5.97 Å². The monoisotopic (exact) mass is 504 g/mol. The number of carbonyl (C=O) groups is 3. The topological polar surface area (TPSA) is 84.9 Å². The van der Waals surface area contributed by atoms with Crippen molar-refractivity contribution in [1.29, 1.82) is 0 Å². The van der Waals surface area contributed by atoms with Crippen molar-refractivity contribution in [2.45, 2.75) is 88.8 Å². The average molecular weight is 505 g/mol. The highest BCUT2D eigenvalue weighted by molar-refractivity contribution is 7.98. The minimum atomic E-state index is -0.828. The van der Waals surface area contributed by atoms with Gasteiger partial charge in [0.25, 0.3) is 11.8 Å². The third-order valence-electron chi connectivity index (χ3n) is 7.11. The van der Waals surface area contributed by atoms with Crippen molar-refractivity contribution in [3.05, 3.63) is 29.8 Å². The van der Waals surface area contributed by atoms with Gasteiger partial charge in [-0.15, -0.1) is 0 Å². The molecule has 3 rings (SSSR count). The zero-order chi connectivity index (χ0) is 25.0. The molecule has 2 aliphatic carbocycles. The molecule has 1 unspecified atom stereocenters. The van der Waals surface area contributed by atoms with Gasteiger partial charge in [0, 0.05) is 12.1 Å². The number of benzene rings is 1. The van der Waals surface area contributed by atoms with Crippen molar-refractivity contribution < 1.29 is 23.9 Å². The number of carbonyl (C=O) groups excluding carboxylic acids is 3. The smallest absolute Gasteiger partial charge is 0.329 e. The van der Waals surface area contributed by atoms with E-state index in [2.05, 4.69) is 10.2 Å². The molecule has 1 N–H and O–H groups in total. The summed E-state index contributed by atoms with van der Waals surface area (Å²) in [6, 6.07) is 6.55. The van der Waals surface area contributed by atoms with Crippen LogP contribution in [0.3, 0.4) is 0 Å². The van der Waals surface area contributed by atoms with E-state index in [4.69, 9.17) is 9.47 Å². The Labute approximate surface area is 213 Å². The lowest BCUT2D eigenvalue weighted by molar-refractivity contribution is -0.156. The van der Waals surface area contributed by atoms with Crippen LogP contribution < -0.4 is 10.1 Å². The van der Waals surface area contributed by atoms with Crippen LogP contribution in [0.25, 0.3) is 0 Å². The first-order valence-electron chi connectivity index (χ1n) is 13.0. The van der Waals surface area contributed by atoms with Crippen LogP contribution in [-0.2, 0) is 14.3 Å². The molecule has 1 atom stereocenters. The third-order valence-corrected chi connectivity index (χ3v) is 7.76. The Balaban J connectivity index is 1.64. The Kier molecular flexibility index (Phi) is 11.2. The number of rotatable bonds is 11. The first-order chi connectivity index (χ1) is 17.0. The summed E-state index contributed by atoms with van der Waals surface area (Å²) in [4.78, 5) is 41.3. The zero-order valence-electron chi connectivity index (χ0n) is 21.1. The Bertz CT molecular complexity index is 819. The molecule has 0 bridgehead atoms. The number of nitrogens with zero attached hydrogens (tertiary/aromatic N) is 1. The van der Waals surface area contributed by atoms with E-state index >= 15 is 0 Å². The van der Waals surface area contributed by atoms with Crippen molar-refractivity contribution in [2.24, 2.45) is 0 Å². The van der Waals surface area contributed by atoms with Gasteiger partial charge in [-0.3, -0.25) is 9.59 Å². The highest BCUT2D eigenvalue weighted by atomic mass is 32.2. The van der Waals surface area contributed by atoms with E-state index < -0.39 is 17.9 Å². The van der Waals surface area contributed by atoms with Crippen molar-refractivity contribution in [1.82, 2.24) is 10.2 Å². The molecule has 8 heteroatoms. The lowest BCUT2D eigenvalue weighted by atomic mass is 9.88. The lowest BCUT2D eigenvalue weighted by Crippen LogP contribution is -2.51. The first kappa shape index (κ1) is 27.4. The molecule has 0 saturated heterocycles. The molecule has 35 heavy (non-hydrogen) atoms. The third kappa shape index (κ3) is 7.89. The fourth-order valence-corrected chi connectivity index (χ4v) is 5.76. The second-order valence-corrected chi connectivity index (χ2v) is 10.5. The number of methoxy groups -OCH3 is 1. The summed E-state index contributed by atoms with van der Waals surface area (Å²) >= 11 is 1.59. The first-order valence-corrected chi connectivity index (χ1v) is 14.3. The number of thioether (sulfide) groups is 1. The lowest BCUT2D eigenvalue weighted by Gasteiger charge is -2.41. The molecule has 0 radical (unpaired) electrons. The second kappa shape index (κ2) is 14.4. The Morgan fingerprint density at radius 2 is 1.60 bits per heavy atom. The predicted octanol–water partition coefficient (Wildman–Crippen LogP) is 4.58. The maximum atomic E-state index is 13.4. The van der Waals surface area contributed by atoms with Crippen LogP contribution >= 0.6 is 11.8 Å².